The number of para-hydroxylation sites is 2. The van der Waals surface area contributed by atoms with Crippen LogP contribution in [-0.4, -0.2) is 47.5 Å². The number of nitrogens with one attached hydrogen (secondary N) is 3. The molecule has 3 N–H and O–H groups in total. The Bertz CT molecular complexity index is 1110. The number of carbonyl (C=O) groups is 1. The lowest BCUT2D eigenvalue weighted by Gasteiger charge is -2.17. The fourth-order valence-corrected chi connectivity index (χ4v) is 4.03. The maximum absolute atomic E-state index is 12.1. The fourth-order valence-electron chi connectivity index (χ4n) is 4.03. The van der Waals surface area contributed by atoms with Gasteiger partial charge in [-0.15, -0.1) is 0 Å². The van der Waals surface area contributed by atoms with Crippen LogP contribution in [0.15, 0.2) is 60.9 Å². The number of carbonyl (C=O) groups excluding carboxylic acids is 1. The van der Waals surface area contributed by atoms with Gasteiger partial charge in [0, 0.05) is 31.3 Å². The van der Waals surface area contributed by atoms with E-state index in [9.17, 15) is 4.79 Å². The predicted octanol–water partition coefficient (Wildman–Crippen LogP) is 4.85. The molecule has 8 heteroatoms. The molecule has 4 rings (SSSR count). The second kappa shape index (κ2) is 12.7. The normalized spacial score (nSPS) is 16.5. The molecule has 3 aromatic rings. The number of rotatable bonds is 0. The van der Waals surface area contributed by atoms with E-state index >= 15 is 0 Å². The van der Waals surface area contributed by atoms with Crippen molar-refractivity contribution in [2.75, 3.05) is 37.4 Å². The number of aromatic nitrogens is 2. The number of hydrogen-bond donors (Lipinski definition) is 3. The van der Waals surface area contributed by atoms with Crippen molar-refractivity contribution < 1.29 is 9.53 Å². The fraction of sp³-hybridized carbons (Fsp3) is 0.370. The third-order valence-electron chi connectivity index (χ3n) is 5.81. The van der Waals surface area contributed by atoms with Crippen molar-refractivity contribution >= 4 is 28.9 Å². The summed E-state index contributed by atoms with van der Waals surface area (Å²) in [7, 11) is 2.09. The van der Waals surface area contributed by atoms with Crippen molar-refractivity contribution in [3.63, 3.8) is 0 Å². The first kappa shape index (κ1) is 24.5. The van der Waals surface area contributed by atoms with Gasteiger partial charge in [-0.3, -0.25) is 4.79 Å². The van der Waals surface area contributed by atoms with Crippen molar-refractivity contribution in [3.05, 3.63) is 66.5 Å². The Hall–Kier alpha value is -3.65. The molecular weight excluding hydrogens is 440 g/mol. The van der Waals surface area contributed by atoms with E-state index in [-0.39, 0.29) is 5.91 Å². The Labute approximate surface area is 207 Å². The van der Waals surface area contributed by atoms with Crippen LogP contribution in [0.3, 0.4) is 0 Å². The monoisotopic (exact) mass is 474 g/mol. The molecule has 0 aliphatic carbocycles. The van der Waals surface area contributed by atoms with E-state index in [0.29, 0.717) is 31.2 Å². The highest BCUT2D eigenvalue weighted by molar-refractivity contribution is 5.75. The summed E-state index contributed by atoms with van der Waals surface area (Å²) >= 11 is 0. The summed E-state index contributed by atoms with van der Waals surface area (Å²) in [4.78, 5) is 23.1. The van der Waals surface area contributed by atoms with Crippen LogP contribution < -0.4 is 20.7 Å². The van der Waals surface area contributed by atoms with E-state index in [1.165, 1.54) is 5.56 Å². The highest BCUT2D eigenvalue weighted by Crippen LogP contribution is 2.28. The smallest absolute Gasteiger partial charge is 0.220 e. The Morgan fingerprint density at radius 1 is 0.914 bits per heavy atom. The van der Waals surface area contributed by atoms with Gasteiger partial charge in [-0.05, 0) is 69.1 Å². The van der Waals surface area contributed by atoms with E-state index in [4.69, 9.17) is 4.74 Å². The predicted molar refractivity (Wildman–Crippen MR) is 139 cm³/mol. The highest BCUT2D eigenvalue weighted by atomic mass is 16.5. The number of amides is 1. The molecule has 0 saturated heterocycles. The summed E-state index contributed by atoms with van der Waals surface area (Å²) in [5, 5.41) is 9.77. The first-order valence-electron chi connectivity index (χ1n) is 12.3. The summed E-state index contributed by atoms with van der Waals surface area (Å²) in [6.07, 6.45) is 5.80. The van der Waals surface area contributed by atoms with Crippen LogP contribution in [0.1, 0.15) is 37.7 Å². The number of ether oxygens (including phenoxy) is 1. The minimum atomic E-state index is 0.127. The van der Waals surface area contributed by atoms with Gasteiger partial charge in [0.05, 0.1) is 12.3 Å². The maximum atomic E-state index is 12.1. The van der Waals surface area contributed by atoms with Crippen molar-refractivity contribution in [3.8, 4) is 5.75 Å². The van der Waals surface area contributed by atoms with Crippen LogP contribution in [0.5, 0.6) is 5.75 Å². The first-order valence-corrected chi connectivity index (χ1v) is 12.3. The standard InChI is InChI=1S/C27H34N6O2/c1-33-15-8-13-27(34)28-14-5-2-6-16-35-24-12-4-3-11-23(24)32-26-18-25(29-20-30-26)31-22-10-7-9-21(17-22)19-33/h3-4,7,9-12,17-18,20H,2,5-6,8,13-16,19H2,1H3,(H,28,34)(H2,29,30,31,32). The van der Waals surface area contributed by atoms with E-state index in [1.54, 1.807) is 6.33 Å². The van der Waals surface area contributed by atoms with Gasteiger partial charge in [0.25, 0.3) is 0 Å². The van der Waals surface area contributed by atoms with Gasteiger partial charge in [-0.1, -0.05) is 24.3 Å². The first-order chi connectivity index (χ1) is 17.2. The largest absolute Gasteiger partial charge is 0.491 e. The number of benzene rings is 2. The summed E-state index contributed by atoms with van der Waals surface area (Å²) < 4.78 is 6.03. The zero-order valence-corrected chi connectivity index (χ0v) is 20.3. The summed E-state index contributed by atoms with van der Waals surface area (Å²) in [5.74, 6) is 2.30. The zero-order chi connectivity index (χ0) is 24.3. The van der Waals surface area contributed by atoms with Crippen LogP contribution in [0.2, 0.25) is 0 Å². The molecule has 35 heavy (non-hydrogen) atoms. The van der Waals surface area contributed by atoms with Crippen molar-refractivity contribution in [1.29, 1.82) is 0 Å². The maximum Gasteiger partial charge on any atom is 0.220 e. The molecule has 8 nitrogen and oxygen atoms in total. The van der Waals surface area contributed by atoms with Gasteiger partial charge in [0.15, 0.2) is 0 Å². The van der Waals surface area contributed by atoms with Gasteiger partial charge in [0.2, 0.25) is 5.91 Å². The van der Waals surface area contributed by atoms with Gasteiger partial charge >= 0.3 is 0 Å². The van der Waals surface area contributed by atoms with Crippen LogP contribution in [0.25, 0.3) is 0 Å². The lowest BCUT2D eigenvalue weighted by molar-refractivity contribution is -0.121. The third kappa shape index (κ3) is 7.96. The second-order valence-electron chi connectivity index (χ2n) is 8.84. The van der Waals surface area contributed by atoms with E-state index < -0.39 is 0 Å². The third-order valence-corrected chi connectivity index (χ3v) is 5.81. The van der Waals surface area contributed by atoms with Crippen molar-refractivity contribution in [1.82, 2.24) is 20.2 Å². The molecule has 1 amide bonds. The molecule has 0 unspecified atom stereocenters. The lowest BCUT2D eigenvalue weighted by Crippen LogP contribution is -2.26. The van der Waals surface area contributed by atoms with Gasteiger partial charge in [0.1, 0.15) is 23.7 Å². The van der Waals surface area contributed by atoms with E-state index in [1.807, 2.05) is 42.5 Å². The average molecular weight is 475 g/mol. The summed E-state index contributed by atoms with van der Waals surface area (Å²) in [6, 6.07) is 18.0. The van der Waals surface area contributed by atoms with Crippen LogP contribution in [0, 0.1) is 0 Å². The molecule has 1 aromatic heterocycles. The molecule has 4 bridgehead atoms. The van der Waals surface area contributed by atoms with Gasteiger partial charge in [-0.25, -0.2) is 9.97 Å². The molecular formula is C27H34N6O2. The molecule has 2 aromatic carbocycles. The van der Waals surface area contributed by atoms with Crippen molar-refractivity contribution in [2.45, 2.75) is 38.6 Å². The SMILES string of the molecule is CN1CCCC(=O)NCCCCCOc2ccccc2Nc2cc(ncn2)Nc2cccc(c2)C1. The van der Waals surface area contributed by atoms with E-state index in [0.717, 1.165) is 55.9 Å². The highest BCUT2D eigenvalue weighted by Gasteiger charge is 2.08. The number of fused-ring (bicyclic) bond motifs is 5. The zero-order valence-electron chi connectivity index (χ0n) is 20.3. The van der Waals surface area contributed by atoms with Crippen LogP contribution >= 0.6 is 0 Å². The molecule has 0 saturated carbocycles. The molecule has 0 atom stereocenters. The lowest BCUT2D eigenvalue weighted by atomic mass is 10.2. The Kier molecular flexibility index (Phi) is 8.89. The molecule has 1 aliphatic heterocycles. The minimum Gasteiger partial charge on any atom is -0.491 e. The Morgan fingerprint density at radius 3 is 2.69 bits per heavy atom. The van der Waals surface area contributed by atoms with Gasteiger partial charge in [-0.2, -0.15) is 0 Å². The molecule has 0 fully saturated rings. The Morgan fingerprint density at radius 2 is 1.77 bits per heavy atom. The van der Waals surface area contributed by atoms with Crippen LogP contribution in [0.4, 0.5) is 23.0 Å². The quantitative estimate of drug-likeness (QED) is 0.429. The second-order valence-corrected chi connectivity index (χ2v) is 8.84. The number of anilines is 4. The summed E-state index contributed by atoms with van der Waals surface area (Å²) in [5.41, 5.74) is 3.01. The molecule has 0 radical (unpaired) electrons. The number of hydrogen-bond acceptors (Lipinski definition) is 7. The van der Waals surface area contributed by atoms with Crippen LogP contribution in [-0.2, 0) is 11.3 Å². The van der Waals surface area contributed by atoms with E-state index in [2.05, 4.69) is 50.0 Å². The molecule has 2 heterocycles. The Balaban J connectivity index is 1.50. The molecule has 184 valence electrons. The van der Waals surface area contributed by atoms with Crippen molar-refractivity contribution in [2.24, 2.45) is 0 Å². The number of nitrogens with zero attached hydrogens (tertiary/aromatic N) is 3. The minimum absolute atomic E-state index is 0.127. The molecule has 0 spiro atoms. The summed E-state index contributed by atoms with van der Waals surface area (Å²) in [6.45, 7) is 3.00. The topological polar surface area (TPSA) is 91.4 Å². The van der Waals surface area contributed by atoms with Gasteiger partial charge < -0.3 is 25.6 Å². The average Bonchev–Trinajstić information content (AvgIpc) is 2.84. The molecule has 1 aliphatic rings.